The molecular weight excluding hydrogens is 334 g/mol. The number of amidine groups is 1. The molecule has 124 valence electrons. The summed E-state index contributed by atoms with van der Waals surface area (Å²) in [6, 6.07) is 12.2. The molecule has 0 unspecified atom stereocenters. The number of hydrogen-bond donors (Lipinski definition) is 1. The van der Waals surface area contributed by atoms with Crippen molar-refractivity contribution >= 4 is 40.0 Å². The number of nitrogens with one attached hydrogen (secondary N) is 1. The van der Waals surface area contributed by atoms with Gasteiger partial charge in [-0.2, -0.15) is 5.10 Å². The van der Waals surface area contributed by atoms with E-state index in [0.717, 1.165) is 23.2 Å². The first-order valence-corrected chi connectivity index (χ1v) is 8.78. The van der Waals surface area contributed by atoms with Crippen LogP contribution in [0.25, 0.3) is 10.9 Å². The van der Waals surface area contributed by atoms with Crippen LogP contribution in [0.2, 0.25) is 0 Å². The van der Waals surface area contributed by atoms with Crippen molar-refractivity contribution in [1.29, 1.82) is 0 Å². The Morgan fingerprint density at radius 2 is 2.28 bits per heavy atom. The van der Waals surface area contributed by atoms with Crippen LogP contribution in [0.4, 0.5) is 0 Å². The molecule has 1 aliphatic heterocycles. The van der Waals surface area contributed by atoms with E-state index in [1.807, 2.05) is 18.3 Å². The fraction of sp³-hybridized carbons (Fsp3) is 0.111. The lowest BCUT2D eigenvalue weighted by Gasteiger charge is -2.05. The quantitative estimate of drug-likeness (QED) is 0.581. The van der Waals surface area contributed by atoms with E-state index >= 15 is 0 Å². The first kappa shape index (κ1) is 15.6. The molecule has 0 spiro atoms. The van der Waals surface area contributed by atoms with Crippen molar-refractivity contribution in [2.45, 2.75) is 6.54 Å². The second-order valence-electron chi connectivity index (χ2n) is 5.61. The summed E-state index contributed by atoms with van der Waals surface area (Å²) >= 11 is 1.36. The Hall–Kier alpha value is -2.93. The Balaban J connectivity index is 1.57. The molecule has 1 saturated heterocycles. The van der Waals surface area contributed by atoms with Gasteiger partial charge >= 0.3 is 0 Å². The molecule has 0 radical (unpaired) electrons. The van der Waals surface area contributed by atoms with Crippen molar-refractivity contribution in [3.05, 3.63) is 66.1 Å². The van der Waals surface area contributed by atoms with E-state index in [0.29, 0.717) is 10.9 Å². The monoisotopic (exact) mass is 349 g/mol. The van der Waals surface area contributed by atoms with E-state index in [4.69, 9.17) is 0 Å². The molecule has 1 N–H and O–H groups in total. The molecule has 25 heavy (non-hydrogen) atoms. The Morgan fingerprint density at radius 3 is 3.08 bits per heavy atom. The maximum atomic E-state index is 11.1. The zero-order valence-electron chi connectivity index (χ0n) is 13.3. The molecule has 2 aromatic heterocycles. The zero-order chi connectivity index (χ0) is 17.1. The predicted octanol–water partition coefficient (Wildman–Crippen LogP) is 2.64. The van der Waals surface area contributed by atoms with Gasteiger partial charge in [0.15, 0.2) is 5.17 Å². The molecule has 4 rings (SSSR count). The third-order valence-corrected chi connectivity index (χ3v) is 4.68. The number of nitrogens with zero attached hydrogens (tertiary/aromatic N) is 4. The van der Waals surface area contributed by atoms with E-state index in [2.05, 4.69) is 55.5 Å². The third kappa shape index (κ3) is 3.61. The number of carbonyl (C=O) groups excluding carboxylic acids is 1. The minimum absolute atomic E-state index is 0.0337. The summed E-state index contributed by atoms with van der Waals surface area (Å²) in [7, 11) is 0. The van der Waals surface area contributed by atoms with Gasteiger partial charge in [0, 0.05) is 30.7 Å². The van der Waals surface area contributed by atoms with Crippen molar-refractivity contribution in [1.82, 2.24) is 14.9 Å². The number of fused-ring (bicyclic) bond motifs is 1. The molecule has 0 aliphatic carbocycles. The van der Waals surface area contributed by atoms with Crippen LogP contribution in [0.5, 0.6) is 0 Å². The summed E-state index contributed by atoms with van der Waals surface area (Å²) in [5.74, 6) is 0.371. The summed E-state index contributed by atoms with van der Waals surface area (Å²) < 4.78 is 2.18. The topological polar surface area (TPSA) is 71.6 Å². The van der Waals surface area contributed by atoms with Gasteiger partial charge in [-0.25, -0.2) is 0 Å². The summed E-state index contributed by atoms with van der Waals surface area (Å²) in [5.41, 5.74) is 3.24. The van der Waals surface area contributed by atoms with E-state index in [1.165, 1.54) is 17.1 Å². The number of benzene rings is 1. The summed E-state index contributed by atoms with van der Waals surface area (Å²) in [6.45, 7) is 0.767. The van der Waals surface area contributed by atoms with Crippen LogP contribution in [0.15, 0.2) is 65.2 Å². The maximum Gasteiger partial charge on any atom is 0.236 e. The molecule has 3 aromatic rings. The maximum absolute atomic E-state index is 11.1. The highest BCUT2D eigenvalue weighted by Gasteiger charge is 2.15. The minimum atomic E-state index is -0.0337. The van der Waals surface area contributed by atoms with E-state index < -0.39 is 0 Å². The van der Waals surface area contributed by atoms with Gasteiger partial charge in [0.05, 0.1) is 12.0 Å². The van der Waals surface area contributed by atoms with Crippen molar-refractivity contribution in [3.63, 3.8) is 0 Å². The van der Waals surface area contributed by atoms with Gasteiger partial charge in [0.1, 0.15) is 0 Å². The number of pyridine rings is 1. The Bertz CT molecular complexity index is 978. The fourth-order valence-electron chi connectivity index (χ4n) is 2.63. The van der Waals surface area contributed by atoms with Crippen molar-refractivity contribution in [3.8, 4) is 0 Å². The fourth-order valence-corrected chi connectivity index (χ4v) is 3.27. The van der Waals surface area contributed by atoms with Gasteiger partial charge in [-0.15, -0.1) is 5.10 Å². The number of aromatic nitrogens is 2. The second kappa shape index (κ2) is 6.90. The highest BCUT2D eigenvalue weighted by Crippen LogP contribution is 2.18. The molecule has 1 fully saturated rings. The highest BCUT2D eigenvalue weighted by atomic mass is 32.2. The van der Waals surface area contributed by atoms with Gasteiger partial charge in [0.2, 0.25) is 5.91 Å². The van der Waals surface area contributed by atoms with Gasteiger partial charge in [-0.05, 0) is 34.7 Å². The molecule has 0 atom stereocenters. The predicted molar refractivity (Wildman–Crippen MR) is 101 cm³/mol. The Labute approximate surface area is 148 Å². The molecular formula is C18H15N5OS. The minimum Gasteiger partial charge on any atom is -0.343 e. The van der Waals surface area contributed by atoms with Crippen molar-refractivity contribution in [2.75, 3.05) is 5.75 Å². The number of amides is 1. The molecule has 6 nitrogen and oxygen atoms in total. The van der Waals surface area contributed by atoms with Crippen LogP contribution in [0, 0.1) is 0 Å². The normalized spacial score (nSPS) is 16.2. The van der Waals surface area contributed by atoms with Crippen LogP contribution < -0.4 is 5.32 Å². The SMILES string of the molecule is O=C1CSC(=NN=Cc2ccc3ccn(Cc4cccnc4)c3c2)N1. The largest absolute Gasteiger partial charge is 0.343 e. The third-order valence-electron chi connectivity index (χ3n) is 3.82. The van der Waals surface area contributed by atoms with Crippen LogP contribution in [0.3, 0.4) is 0 Å². The molecule has 0 bridgehead atoms. The van der Waals surface area contributed by atoms with Crippen LogP contribution in [-0.4, -0.2) is 32.6 Å². The summed E-state index contributed by atoms with van der Waals surface area (Å²) in [5, 5.41) is 12.5. The highest BCUT2D eigenvalue weighted by molar-refractivity contribution is 8.15. The first-order chi connectivity index (χ1) is 12.3. The number of hydrogen-bond acceptors (Lipinski definition) is 5. The van der Waals surface area contributed by atoms with Crippen molar-refractivity contribution in [2.24, 2.45) is 10.2 Å². The smallest absolute Gasteiger partial charge is 0.236 e. The zero-order valence-corrected chi connectivity index (χ0v) is 14.1. The Morgan fingerprint density at radius 1 is 1.32 bits per heavy atom. The molecule has 1 aromatic carbocycles. The van der Waals surface area contributed by atoms with Gasteiger partial charge in [-0.1, -0.05) is 30.0 Å². The average Bonchev–Trinajstić information content (AvgIpc) is 3.22. The molecule has 0 saturated carbocycles. The molecule has 3 heterocycles. The van der Waals surface area contributed by atoms with Crippen molar-refractivity contribution < 1.29 is 4.79 Å². The van der Waals surface area contributed by atoms with E-state index in [9.17, 15) is 4.79 Å². The van der Waals surface area contributed by atoms with Gasteiger partial charge < -0.3 is 9.88 Å². The Kier molecular flexibility index (Phi) is 4.30. The first-order valence-electron chi connectivity index (χ1n) is 7.79. The van der Waals surface area contributed by atoms with E-state index in [-0.39, 0.29) is 5.91 Å². The number of carbonyl (C=O) groups is 1. The number of thioether (sulfide) groups is 1. The molecule has 7 heteroatoms. The van der Waals surface area contributed by atoms with E-state index in [1.54, 1.807) is 12.4 Å². The van der Waals surface area contributed by atoms with Crippen LogP contribution in [-0.2, 0) is 11.3 Å². The van der Waals surface area contributed by atoms with Gasteiger partial charge in [0.25, 0.3) is 0 Å². The average molecular weight is 349 g/mol. The van der Waals surface area contributed by atoms with Gasteiger partial charge in [-0.3, -0.25) is 9.78 Å². The number of rotatable bonds is 4. The second-order valence-corrected chi connectivity index (χ2v) is 6.57. The lowest BCUT2D eigenvalue weighted by molar-refractivity contribution is -0.116. The summed E-state index contributed by atoms with van der Waals surface area (Å²) in [6.07, 6.45) is 7.42. The summed E-state index contributed by atoms with van der Waals surface area (Å²) in [4.78, 5) is 15.3. The van der Waals surface area contributed by atoms with Crippen LogP contribution >= 0.6 is 11.8 Å². The lowest BCUT2D eigenvalue weighted by Crippen LogP contribution is -2.19. The lowest BCUT2D eigenvalue weighted by atomic mass is 10.2. The van der Waals surface area contributed by atoms with Crippen LogP contribution in [0.1, 0.15) is 11.1 Å². The standard InChI is InChI=1S/C18H15N5OS/c24-17-12-25-18(21-17)22-20-10-13-3-4-15-5-7-23(16(15)8-13)11-14-2-1-6-19-9-14/h1-10H,11-12H2,(H,21,22,24). The molecule has 1 aliphatic rings. The molecule has 1 amide bonds.